The molecule has 18 heavy (non-hydrogen) atoms. The molecule has 0 saturated carbocycles. The molecule has 1 rings (SSSR count). The van der Waals surface area contributed by atoms with Crippen LogP contribution in [0.2, 0.25) is 0 Å². The summed E-state index contributed by atoms with van der Waals surface area (Å²) in [7, 11) is 0. The highest BCUT2D eigenvalue weighted by atomic mass is 16.6. The van der Waals surface area contributed by atoms with Crippen molar-refractivity contribution in [3.8, 4) is 0 Å². The Kier molecular flexibility index (Phi) is 4.90. The number of aliphatic hydroxyl groups excluding tert-OH is 3. The Hall–Kier alpha value is -1.83. The predicted octanol–water partition coefficient (Wildman–Crippen LogP) is 0.184. The van der Waals surface area contributed by atoms with E-state index >= 15 is 0 Å². The van der Waals surface area contributed by atoms with Gasteiger partial charge in [-0.2, -0.15) is 0 Å². The molecule has 1 aromatic rings. The third kappa shape index (κ3) is 3.10. The van der Waals surface area contributed by atoms with Gasteiger partial charge in [0, 0.05) is 18.2 Å². The zero-order valence-electron chi connectivity index (χ0n) is 9.39. The third-order valence-electron chi connectivity index (χ3n) is 2.50. The van der Waals surface area contributed by atoms with Crippen LogP contribution in [-0.2, 0) is 0 Å². The van der Waals surface area contributed by atoms with E-state index < -0.39 is 22.8 Å². The molecule has 3 N–H and O–H groups in total. The first-order valence-electron chi connectivity index (χ1n) is 5.21. The van der Waals surface area contributed by atoms with Gasteiger partial charge in [-0.15, -0.1) is 0 Å². The average Bonchev–Trinajstić information content (AvgIpc) is 2.37. The maximum absolute atomic E-state index is 10.8. The molecule has 0 spiro atoms. The first-order chi connectivity index (χ1) is 8.51. The number of nitrogens with zero attached hydrogens (tertiary/aromatic N) is 1. The van der Waals surface area contributed by atoms with E-state index in [-0.39, 0.29) is 24.2 Å². The van der Waals surface area contributed by atoms with Gasteiger partial charge in [0.25, 0.3) is 5.69 Å². The predicted molar refractivity (Wildman–Crippen MR) is 61.2 cm³/mol. The molecule has 1 aromatic carbocycles. The van der Waals surface area contributed by atoms with Gasteiger partial charge in [-0.3, -0.25) is 14.9 Å². The summed E-state index contributed by atoms with van der Waals surface area (Å²) in [6.45, 7) is -0.349. The Morgan fingerprint density at radius 1 is 1.39 bits per heavy atom. The van der Waals surface area contributed by atoms with Gasteiger partial charge in [-0.1, -0.05) is 6.07 Å². The fraction of sp³-hybridized carbons (Fsp3) is 0.364. The topological polar surface area (TPSA) is 121 Å². The highest BCUT2D eigenvalue weighted by Gasteiger charge is 2.26. The molecule has 7 heteroatoms. The molecule has 7 nitrogen and oxygen atoms in total. The van der Waals surface area contributed by atoms with Gasteiger partial charge in [0.1, 0.15) is 12.4 Å². The van der Waals surface area contributed by atoms with Gasteiger partial charge >= 0.3 is 0 Å². The molecule has 98 valence electrons. The largest absolute Gasteiger partial charge is 0.396 e. The molecule has 0 aliphatic carbocycles. The van der Waals surface area contributed by atoms with E-state index in [1.165, 1.54) is 12.1 Å². The number of carbonyl (C=O) groups excluding carboxylic acids is 1. The second kappa shape index (κ2) is 6.20. The van der Waals surface area contributed by atoms with Crippen LogP contribution in [0.25, 0.3) is 0 Å². The lowest BCUT2D eigenvalue weighted by atomic mass is 9.99. The molecule has 2 atom stereocenters. The van der Waals surface area contributed by atoms with Crippen molar-refractivity contribution in [1.82, 2.24) is 0 Å². The normalized spacial score (nSPS) is 13.9. The Morgan fingerprint density at radius 2 is 2.06 bits per heavy atom. The fourth-order valence-corrected chi connectivity index (χ4v) is 1.54. The number of nitro groups is 1. The Labute approximate surface area is 102 Å². The van der Waals surface area contributed by atoms with Crippen molar-refractivity contribution in [1.29, 1.82) is 0 Å². The fourth-order valence-electron chi connectivity index (χ4n) is 1.54. The Morgan fingerprint density at radius 3 is 2.56 bits per heavy atom. The SMILES string of the molecule is O=Cc1ccc(C(O)C(O)CCO)c([N+](=O)[O-])c1. The zero-order chi connectivity index (χ0) is 13.7. The number of aldehydes is 1. The minimum atomic E-state index is -1.49. The molecule has 0 aliphatic heterocycles. The van der Waals surface area contributed by atoms with Gasteiger partial charge in [0.2, 0.25) is 0 Å². The number of hydrogen-bond donors (Lipinski definition) is 3. The Bertz CT molecular complexity index is 447. The van der Waals surface area contributed by atoms with Crippen molar-refractivity contribution in [2.24, 2.45) is 0 Å². The summed E-state index contributed by atoms with van der Waals surface area (Å²) in [4.78, 5) is 20.6. The third-order valence-corrected chi connectivity index (χ3v) is 2.50. The van der Waals surface area contributed by atoms with Gasteiger partial charge in [-0.05, 0) is 12.5 Å². The van der Waals surface area contributed by atoms with Crippen molar-refractivity contribution in [2.75, 3.05) is 6.61 Å². The van der Waals surface area contributed by atoms with Gasteiger partial charge in [0.05, 0.1) is 16.6 Å². The van der Waals surface area contributed by atoms with Crippen LogP contribution in [0, 0.1) is 10.1 Å². The summed E-state index contributed by atoms with van der Waals surface area (Å²) < 4.78 is 0. The van der Waals surface area contributed by atoms with Gasteiger partial charge < -0.3 is 15.3 Å². The lowest BCUT2D eigenvalue weighted by Crippen LogP contribution is -2.20. The first-order valence-corrected chi connectivity index (χ1v) is 5.21. The van der Waals surface area contributed by atoms with Crippen LogP contribution in [-0.4, -0.2) is 39.2 Å². The molecule has 0 aliphatic rings. The Balaban J connectivity index is 3.14. The van der Waals surface area contributed by atoms with Crippen LogP contribution in [0.15, 0.2) is 18.2 Å². The summed E-state index contributed by atoms with van der Waals surface area (Å²) in [6, 6.07) is 3.55. The van der Waals surface area contributed by atoms with E-state index in [0.29, 0.717) is 6.29 Å². The lowest BCUT2D eigenvalue weighted by Gasteiger charge is -2.17. The quantitative estimate of drug-likeness (QED) is 0.379. The molecule has 0 heterocycles. The molecule has 0 amide bonds. The standard InChI is InChI=1S/C11H13NO6/c13-4-3-10(15)11(16)8-2-1-7(6-14)5-9(8)12(17)18/h1-2,5-6,10-11,13,15-16H,3-4H2. The number of aliphatic hydroxyl groups is 3. The van der Waals surface area contributed by atoms with E-state index in [4.69, 9.17) is 5.11 Å². The first kappa shape index (κ1) is 14.2. The van der Waals surface area contributed by atoms with E-state index in [1.54, 1.807) is 0 Å². The van der Waals surface area contributed by atoms with Crippen LogP contribution in [0.4, 0.5) is 5.69 Å². The second-order valence-electron chi connectivity index (χ2n) is 3.72. The molecular formula is C11H13NO6. The van der Waals surface area contributed by atoms with Crippen LogP contribution in [0.1, 0.15) is 28.4 Å². The molecule has 0 bridgehead atoms. The summed E-state index contributed by atoms with van der Waals surface area (Å²) in [6.07, 6.45) is -2.45. The van der Waals surface area contributed by atoms with Crippen molar-refractivity contribution in [3.05, 3.63) is 39.4 Å². The monoisotopic (exact) mass is 255 g/mol. The maximum Gasteiger partial charge on any atom is 0.276 e. The number of benzene rings is 1. The number of nitro benzene ring substituents is 1. The smallest absolute Gasteiger partial charge is 0.276 e. The number of carbonyl (C=O) groups is 1. The van der Waals surface area contributed by atoms with Crippen LogP contribution in [0.5, 0.6) is 0 Å². The highest BCUT2D eigenvalue weighted by Crippen LogP contribution is 2.28. The van der Waals surface area contributed by atoms with Crippen LogP contribution >= 0.6 is 0 Å². The highest BCUT2D eigenvalue weighted by molar-refractivity contribution is 5.76. The van der Waals surface area contributed by atoms with Crippen LogP contribution < -0.4 is 0 Å². The van der Waals surface area contributed by atoms with E-state index in [1.807, 2.05) is 0 Å². The minimum Gasteiger partial charge on any atom is -0.396 e. The summed E-state index contributed by atoms with van der Waals surface area (Å²) in [5.41, 5.74) is -0.426. The number of hydrogen-bond acceptors (Lipinski definition) is 6. The molecule has 0 aromatic heterocycles. The minimum absolute atomic E-state index is 0.0912. The molecule has 0 saturated heterocycles. The molecule has 0 fully saturated rings. The average molecular weight is 255 g/mol. The van der Waals surface area contributed by atoms with Crippen molar-refractivity contribution in [2.45, 2.75) is 18.6 Å². The summed E-state index contributed by atoms with van der Waals surface area (Å²) in [5.74, 6) is 0. The van der Waals surface area contributed by atoms with Crippen molar-refractivity contribution in [3.63, 3.8) is 0 Å². The second-order valence-corrected chi connectivity index (χ2v) is 3.72. The van der Waals surface area contributed by atoms with Gasteiger partial charge in [-0.25, -0.2) is 0 Å². The summed E-state index contributed by atoms with van der Waals surface area (Å²) >= 11 is 0. The summed E-state index contributed by atoms with van der Waals surface area (Å²) in [5, 5.41) is 38.7. The van der Waals surface area contributed by atoms with Crippen LogP contribution in [0.3, 0.4) is 0 Å². The maximum atomic E-state index is 10.8. The zero-order valence-corrected chi connectivity index (χ0v) is 9.39. The van der Waals surface area contributed by atoms with E-state index in [2.05, 4.69) is 0 Å². The number of rotatable bonds is 6. The molecule has 2 unspecified atom stereocenters. The van der Waals surface area contributed by atoms with Crippen molar-refractivity contribution >= 4 is 12.0 Å². The van der Waals surface area contributed by atoms with Gasteiger partial charge in [0.15, 0.2) is 0 Å². The molecule has 0 radical (unpaired) electrons. The molecular weight excluding hydrogens is 242 g/mol. The lowest BCUT2D eigenvalue weighted by molar-refractivity contribution is -0.386. The van der Waals surface area contributed by atoms with Crippen molar-refractivity contribution < 1.29 is 25.0 Å². The van der Waals surface area contributed by atoms with E-state index in [9.17, 15) is 25.1 Å². The van der Waals surface area contributed by atoms with E-state index in [0.717, 1.165) is 6.07 Å².